The minimum atomic E-state index is -0.798. The highest BCUT2D eigenvalue weighted by atomic mass is 16.4. The molecular weight excluding hydrogens is 228 g/mol. The molecule has 98 valence electrons. The number of hydrogen-bond donors (Lipinski definition) is 2. The molecule has 0 aliphatic heterocycles. The van der Waals surface area contributed by atoms with Gasteiger partial charge in [-0.25, -0.2) is 0 Å². The van der Waals surface area contributed by atoms with Crippen molar-refractivity contribution in [2.45, 2.75) is 50.9 Å². The summed E-state index contributed by atoms with van der Waals surface area (Å²) in [6, 6.07) is 5.58. The summed E-state index contributed by atoms with van der Waals surface area (Å²) in [6.45, 7) is 6.33. The van der Waals surface area contributed by atoms with Crippen molar-refractivity contribution in [3.63, 3.8) is 0 Å². The Balaban J connectivity index is 2.42. The minimum Gasteiger partial charge on any atom is -0.508 e. The van der Waals surface area contributed by atoms with E-state index in [1.54, 1.807) is 6.07 Å². The number of aromatic hydroxyl groups is 1. The van der Waals surface area contributed by atoms with E-state index in [0.717, 1.165) is 24.0 Å². The van der Waals surface area contributed by atoms with Crippen molar-refractivity contribution in [2.24, 2.45) is 0 Å². The summed E-state index contributed by atoms with van der Waals surface area (Å²) in [5.41, 5.74) is 1.60. The summed E-state index contributed by atoms with van der Waals surface area (Å²) < 4.78 is 0. The Hall–Kier alpha value is -1.51. The van der Waals surface area contributed by atoms with E-state index >= 15 is 0 Å². The second kappa shape index (κ2) is 4.01. The third kappa shape index (κ3) is 2.35. The monoisotopic (exact) mass is 248 g/mol. The van der Waals surface area contributed by atoms with E-state index in [1.807, 2.05) is 12.1 Å². The molecule has 2 rings (SSSR count). The molecular formula is C15H20O3. The molecule has 1 aromatic carbocycles. The van der Waals surface area contributed by atoms with Crippen LogP contribution in [-0.2, 0) is 15.6 Å². The highest BCUT2D eigenvalue weighted by molar-refractivity contribution is 5.70. The maximum atomic E-state index is 10.9. The largest absolute Gasteiger partial charge is 0.508 e. The summed E-state index contributed by atoms with van der Waals surface area (Å²) in [7, 11) is 0. The first kappa shape index (κ1) is 12.9. The van der Waals surface area contributed by atoms with Crippen molar-refractivity contribution in [1.82, 2.24) is 0 Å². The lowest BCUT2D eigenvalue weighted by Crippen LogP contribution is -2.16. The molecule has 3 heteroatoms. The van der Waals surface area contributed by atoms with E-state index in [2.05, 4.69) is 20.8 Å². The van der Waals surface area contributed by atoms with Gasteiger partial charge in [0.15, 0.2) is 0 Å². The van der Waals surface area contributed by atoms with Gasteiger partial charge in [0.1, 0.15) is 5.75 Å². The van der Waals surface area contributed by atoms with Crippen LogP contribution in [0.1, 0.15) is 51.2 Å². The van der Waals surface area contributed by atoms with E-state index in [1.165, 1.54) is 0 Å². The lowest BCUT2D eigenvalue weighted by atomic mass is 9.82. The van der Waals surface area contributed by atoms with Crippen molar-refractivity contribution in [1.29, 1.82) is 0 Å². The van der Waals surface area contributed by atoms with E-state index < -0.39 is 5.97 Å². The van der Waals surface area contributed by atoms with E-state index in [4.69, 9.17) is 5.11 Å². The van der Waals surface area contributed by atoms with Gasteiger partial charge >= 0.3 is 5.97 Å². The average Bonchev–Trinajstić information content (AvgIpc) is 2.96. The molecule has 0 saturated heterocycles. The first-order chi connectivity index (χ1) is 8.24. The normalized spacial score (nSPS) is 17.5. The lowest BCUT2D eigenvalue weighted by Gasteiger charge is -2.23. The van der Waals surface area contributed by atoms with Crippen molar-refractivity contribution in [2.75, 3.05) is 0 Å². The number of carboxylic acids is 1. The van der Waals surface area contributed by atoms with Crippen molar-refractivity contribution < 1.29 is 15.0 Å². The first-order valence-electron chi connectivity index (χ1n) is 6.30. The zero-order valence-electron chi connectivity index (χ0n) is 11.2. The summed E-state index contributed by atoms with van der Waals surface area (Å²) >= 11 is 0. The molecule has 0 aromatic heterocycles. The van der Waals surface area contributed by atoms with Crippen LogP contribution in [0, 0.1) is 0 Å². The van der Waals surface area contributed by atoms with Crippen LogP contribution in [0.25, 0.3) is 0 Å². The summed E-state index contributed by atoms with van der Waals surface area (Å²) in [5, 5.41) is 19.0. The molecule has 0 amide bonds. The maximum absolute atomic E-state index is 10.9. The molecule has 0 radical (unpaired) electrons. The van der Waals surface area contributed by atoms with Crippen molar-refractivity contribution in [3.05, 3.63) is 29.3 Å². The number of phenols is 1. The van der Waals surface area contributed by atoms with Crippen LogP contribution in [0.4, 0.5) is 0 Å². The van der Waals surface area contributed by atoms with Gasteiger partial charge in [-0.15, -0.1) is 0 Å². The quantitative estimate of drug-likeness (QED) is 0.863. The fourth-order valence-electron chi connectivity index (χ4n) is 2.41. The van der Waals surface area contributed by atoms with Gasteiger partial charge in [-0.05, 0) is 29.9 Å². The standard InChI is InChI=1S/C15H20O3/c1-14(2,3)10-4-5-12(16)11(8-10)15(6-7-15)9-13(17)18/h4-5,8,16H,6-7,9H2,1-3H3,(H,17,18). The Kier molecular flexibility index (Phi) is 2.88. The predicted octanol–water partition coefficient (Wildman–Crippen LogP) is 3.20. The van der Waals surface area contributed by atoms with Crippen LogP contribution >= 0.6 is 0 Å². The van der Waals surface area contributed by atoms with Crippen molar-refractivity contribution in [3.8, 4) is 5.75 Å². The lowest BCUT2D eigenvalue weighted by molar-refractivity contribution is -0.137. The predicted molar refractivity (Wildman–Crippen MR) is 70.0 cm³/mol. The highest BCUT2D eigenvalue weighted by Crippen LogP contribution is 2.54. The number of carboxylic acid groups (broad SMARTS) is 1. The number of hydrogen-bond acceptors (Lipinski definition) is 2. The molecule has 18 heavy (non-hydrogen) atoms. The molecule has 0 spiro atoms. The number of rotatable bonds is 3. The van der Waals surface area contributed by atoms with Crippen LogP contribution in [0.15, 0.2) is 18.2 Å². The van der Waals surface area contributed by atoms with Gasteiger partial charge in [0, 0.05) is 11.0 Å². The topological polar surface area (TPSA) is 57.5 Å². The molecule has 3 nitrogen and oxygen atoms in total. The maximum Gasteiger partial charge on any atom is 0.304 e. The molecule has 2 N–H and O–H groups in total. The molecule has 1 aromatic rings. The van der Waals surface area contributed by atoms with Crippen LogP contribution < -0.4 is 0 Å². The molecule has 0 heterocycles. The molecule has 1 saturated carbocycles. The molecule has 1 aliphatic rings. The Morgan fingerprint density at radius 2 is 1.94 bits per heavy atom. The van der Waals surface area contributed by atoms with E-state index in [-0.39, 0.29) is 23.0 Å². The van der Waals surface area contributed by atoms with Crippen LogP contribution in [0.2, 0.25) is 0 Å². The fourth-order valence-corrected chi connectivity index (χ4v) is 2.41. The van der Waals surface area contributed by atoms with Crippen molar-refractivity contribution >= 4 is 5.97 Å². The summed E-state index contributed by atoms with van der Waals surface area (Å²) in [6.07, 6.45) is 1.80. The smallest absolute Gasteiger partial charge is 0.304 e. The molecule has 0 bridgehead atoms. The van der Waals surface area contributed by atoms with Crippen LogP contribution in [0.3, 0.4) is 0 Å². The van der Waals surface area contributed by atoms with Gasteiger partial charge in [-0.2, -0.15) is 0 Å². The molecule has 1 fully saturated rings. The Morgan fingerprint density at radius 3 is 2.39 bits per heavy atom. The molecule has 0 atom stereocenters. The van der Waals surface area contributed by atoms with Gasteiger partial charge in [0.25, 0.3) is 0 Å². The molecule has 0 unspecified atom stereocenters. The Labute approximate surface area is 107 Å². The third-order valence-corrected chi connectivity index (χ3v) is 3.78. The second-order valence-electron chi connectivity index (χ2n) is 6.33. The van der Waals surface area contributed by atoms with Gasteiger partial charge in [-0.3, -0.25) is 4.79 Å². The molecule has 1 aliphatic carbocycles. The first-order valence-corrected chi connectivity index (χ1v) is 6.30. The van der Waals surface area contributed by atoms with Gasteiger partial charge < -0.3 is 10.2 Å². The Bertz CT molecular complexity index is 479. The van der Waals surface area contributed by atoms with Gasteiger partial charge in [0.05, 0.1) is 6.42 Å². The van der Waals surface area contributed by atoms with E-state index in [0.29, 0.717) is 0 Å². The third-order valence-electron chi connectivity index (χ3n) is 3.78. The summed E-state index contributed by atoms with van der Waals surface area (Å²) in [5.74, 6) is -0.574. The average molecular weight is 248 g/mol. The second-order valence-corrected chi connectivity index (χ2v) is 6.33. The SMILES string of the molecule is CC(C)(C)c1ccc(O)c(C2(CC(=O)O)CC2)c1. The fraction of sp³-hybridized carbons (Fsp3) is 0.533. The number of phenolic OH excluding ortho intramolecular Hbond substituents is 1. The zero-order chi connectivity index (χ0) is 13.6. The minimum absolute atomic E-state index is 0.00174. The summed E-state index contributed by atoms with van der Waals surface area (Å²) in [4.78, 5) is 10.9. The highest BCUT2D eigenvalue weighted by Gasteiger charge is 2.47. The zero-order valence-corrected chi connectivity index (χ0v) is 11.2. The van der Waals surface area contributed by atoms with Gasteiger partial charge in [-0.1, -0.05) is 32.9 Å². The number of aliphatic carboxylic acids is 1. The van der Waals surface area contributed by atoms with E-state index in [9.17, 15) is 9.90 Å². The van der Waals surface area contributed by atoms with Crippen LogP contribution in [-0.4, -0.2) is 16.2 Å². The van der Waals surface area contributed by atoms with Gasteiger partial charge in [0.2, 0.25) is 0 Å². The Morgan fingerprint density at radius 1 is 1.33 bits per heavy atom. The van der Waals surface area contributed by atoms with Crippen LogP contribution in [0.5, 0.6) is 5.75 Å². The number of benzene rings is 1. The number of carbonyl (C=O) groups is 1.